The van der Waals surface area contributed by atoms with Gasteiger partial charge in [-0.25, -0.2) is 0 Å². The molecule has 0 aliphatic heterocycles. The van der Waals surface area contributed by atoms with Crippen molar-refractivity contribution in [1.29, 1.82) is 0 Å². The van der Waals surface area contributed by atoms with Gasteiger partial charge in [0.2, 0.25) is 0 Å². The summed E-state index contributed by atoms with van der Waals surface area (Å²) in [5, 5.41) is 0. The van der Waals surface area contributed by atoms with E-state index < -0.39 is 0 Å². The van der Waals surface area contributed by atoms with Crippen LogP contribution >= 0.6 is 0 Å². The number of carbonyl (C=O) groups excluding carboxylic acids is 1. The first-order valence-electron chi connectivity index (χ1n) is 5.37. The van der Waals surface area contributed by atoms with E-state index in [9.17, 15) is 4.79 Å². The summed E-state index contributed by atoms with van der Waals surface area (Å²) in [4.78, 5) is 10.5. The molecule has 0 heterocycles. The van der Waals surface area contributed by atoms with Gasteiger partial charge in [-0.05, 0) is 18.3 Å². The van der Waals surface area contributed by atoms with E-state index in [1.54, 1.807) is 0 Å². The van der Waals surface area contributed by atoms with Crippen molar-refractivity contribution < 1.29 is 4.79 Å². The van der Waals surface area contributed by atoms with Crippen LogP contribution in [-0.4, -0.2) is 6.29 Å². The first-order valence-corrected chi connectivity index (χ1v) is 5.37. The highest BCUT2D eigenvalue weighted by molar-refractivity contribution is 5.58. The fourth-order valence-electron chi connectivity index (χ4n) is 2.67. The Bertz CT molecular complexity index is 156. The second kappa shape index (κ2) is 3.59. The smallest absolute Gasteiger partial charge is 0.123 e. The minimum absolute atomic E-state index is 0.452. The Labute approximate surface area is 74.5 Å². The molecule has 0 aromatic carbocycles. The van der Waals surface area contributed by atoms with E-state index >= 15 is 0 Å². The van der Waals surface area contributed by atoms with Crippen LogP contribution in [0.15, 0.2) is 0 Å². The standard InChI is InChI=1S/C11H18O/c12-8-10-7-11(10)9-5-3-1-2-4-6-9/h8-11H,1-7H2/t10-,11-/m1/s1. The average Bonchev–Trinajstić information content (AvgIpc) is 2.89. The van der Waals surface area contributed by atoms with E-state index in [1.165, 1.54) is 51.2 Å². The lowest BCUT2D eigenvalue weighted by Crippen LogP contribution is -2.03. The topological polar surface area (TPSA) is 17.1 Å². The third kappa shape index (κ3) is 1.70. The summed E-state index contributed by atoms with van der Waals surface area (Å²) < 4.78 is 0. The maximum Gasteiger partial charge on any atom is 0.123 e. The maximum absolute atomic E-state index is 10.5. The highest BCUT2D eigenvalue weighted by Crippen LogP contribution is 2.47. The third-order valence-corrected chi connectivity index (χ3v) is 3.57. The Hall–Kier alpha value is -0.330. The van der Waals surface area contributed by atoms with Crippen LogP contribution in [-0.2, 0) is 4.79 Å². The lowest BCUT2D eigenvalue weighted by Gasteiger charge is -2.11. The van der Waals surface area contributed by atoms with Gasteiger partial charge in [-0.2, -0.15) is 0 Å². The first kappa shape index (κ1) is 8.28. The predicted molar refractivity (Wildman–Crippen MR) is 48.9 cm³/mol. The molecule has 0 amide bonds. The summed E-state index contributed by atoms with van der Waals surface area (Å²) in [6.07, 6.45) is 10.8. The van der Waals surface area contributed by atoms with E-state index in [2.05, 4.69) is 0 Å². The largest absolute Gasteiger partial charge is 0.303 e. The van der Waals surface area contributed by atoms with Gasteiger partial charge in [0.25, 0.3) is 0 Å². The monoisotopic (exact) mass is 166 g/mol. The van der Waals surface area contributed by atoms with Crippen LogP contribution in [0, 0.1) is 17.8 Å². The molecule has 0 aromatic heterocycles. The first-order chi connectivity index (χ1) is 5.92. The molecule has 2 aliphatic carbocycles. The molecule has 2 saturated carbocycles. The second-order valence-corrected chi connectivity index (χ2v) is 4.45. The van der Waals surface area contributed by atoms with Gasteiger partial charge in [-0.15, -0.1) is 0 Å². The molecule has 1 nitrogen and oxygen atoms in total. The summed E-state index contributed by atoms with van der Waals surface area (Å²) in [7, 11) is 0. The zero-order valence-corrected chi connectivity index (χ0v) is 7.67. The lowest BCUT2D eigenvalue weighted by atomic mass is 9.94. The minimum atomic E-state index is 0.452. The van der Waals surface area contributed by atoms with Gasteiger partial charge in [-0.1, -0.05) is 38.5 Å². The molecule has 0 unspecified atom stereocenters. The number of hydrogen-bond donors (Lipinski definition) is 0. The highest BCUT2D eigenvalue weighted by Gasteiger charge is 2.42. The van der Waals surface area contributed by atoms with Gasteiger partial charge >= 0.3 is 0 Å². The fourth-order valence-corrected chi connectivity index (χ4v) is 2.67. The van der Waals surface area contributed by atoms with E-state index in [4.69, 9.17) is 0 Å². The lowest BCUT2D eigenvalue weighted by molar-refractivity contribution is -0.109. The zero-order valence-electron chi connectivity index (χ0n) is 7.67. The molecule has 68 valence electrons. The van der Waals surface area contributed by atoms with Crippen LogP contribution in [0.2, 0.25) is 0 Å². The van der Waals surface area contributed by atoms with Gasteiger partial charge in [0, 0.05) is 5.92 Å². The molecule has 2 aliphatic rings. The van der Waals surface area contributed by atoms with Crippen LogP contribution < -0.4 is 0 Å². The van der Waals surface area contributed by atoms with Gasteiger partial charge < -0.3 is 4.79 Å². The molecule has 0 N–H and O–H groups in total. The van der Waals surface area contributed by atoms with Gasteiger partial charge in [-0.3, -0.25) is 0 Å². The van der Waals surface area contributed by atoms with Crippen molar-refractivity contribution in [3.8, 4) is 0 Å². The van der Waals surface area contributed by atoms with Crippen molar-refractivity contribution >= 4 is 6.29 Å². The summed E-state index contributed by atoms with van der Waals surface area (Å²) in [5.41, 5.74) is 0. The van der Waals surface area contributed by atoms with Crippen LogP contribution in [0.25, 0.3) is 0 Å². The molecule has 0 bridgehead atoms. The molecule has 0 aromatic rings. The SMILES string of the molecule is O=C[C@H]1C[C@@H]1C1CCCCCC1. The van der Waals surface area contributed by atoms with Crippen molar-refractivity contribution in [3.63, 3.8) is 0 Å². The highest BCUT2D eigenvalue weighted by atomic mass is 16.1. The van der Waals surface area contributed by atoms with Crippen molar-refractivity contribution in [2.24, 2.45) is 17.8 Å². The van der Waals surface area contributed by atoms with Crippen molar-refractivity contribution in [2.45, 2.75) is 44.9 Å². The van der Waals surface area contributed by atoms with Crippen LogP contribution in [0.3, 0.4) is 0 Å². The fraction of sp³-hybridized carbons (Fsp3) is 0.909. The predicted octanol–water partition coefficient (Wildman–Crippen LogP) is 2.79. The Morgan fingerprint density at radius 2 is 1.67 bits per heavy atom. The van der Waals surface area contributed by atoms with Gasteiger partial charge in [0.1, 0.15) is 6.29 Å². The Morgan fingerprint density at radius 1 is 1.00 bits per heavy atom. The molecular weight excluding hydrogens is 148 g/mol. The normalized spacial score (nSPS) is 37.3. The van der Waals surface area contributed by atoms with Gasteiger partial charge in [0.15, 0.2) is 0 Å². The quantitative estimate of drug-likeness (QED) is 0.455. The Kier molecular flexibility index (Phi) is 2.48. The third-order valence-electron chi connectivity index (χ3n) is 3.57. The van der Waals surface area contributed by atoms with Crippen LogP contribution in [0.5, 0.6) is 0 Å². The number of aldehydes is 1. The number of carbonyl (C=O) groups is 1. The molecule has 12 heavy (non-hydrogen) atoms. The average molecular weight is 166 g/mol. The molecule has 2 rings (SSSR count). The van der Waals surface area contributed by atoms with Gasteiger partial charge in [0.05, 0.1) is 0 Å². The van der Waals surface area contributed by atoms with Crippen LogP contribution in [0.1, 0.15) is 44.9 Å². The molecule has 0 saturated heterocycles. The van der Waals surface area contributed by atoms with E-state index in [1.807, 2.05) is 0 Å². The summed E-state index contributed by atoms with van der Waals surface area (Å²) >= 11 is 0. The van der Waals surface area contributed by atoms with E-state index in [0.29, 0.717) is 5.92 Å². The Balaban J connectivity index is 1.82. The second-order valence-electron chi connectivity index (χ2n) is 4.45. The number of rotatable bonds is 2. The summed E-state index contributed by atoms with van der Waals surface area (Å²) in [6, 6.07) is 0. The molecular formula is C11H18O. The van der Waals surface area contributed by atoms with Crippen LogP contribution in [0.4, 0.5) is 0 Å². The summed E-state index contributed by atoms with van der Waals surface area (Å²) in [6.45, 7) is 0. The molecule has 0 radical (unpaired) electrons. The van der Waals surface area contributed by atoms with Crippen molar-refractivity contribution in [1.82, 2.24) is 0 Å². The molecule has 2 atom stereocenters. The van der Waals surface area contributed by atoms with Crippen molar-refractivity contribution in [3.05, 3.63) is 0 Å². The molecule has 1 heteroatoms. The molecule has 0 spiro atoms. The maximum atomic E-state index is 10.5. The van der Waals surface area contributed by atoms with Crippen molar-refractivity contribution in [2.75, 3.05) is 0 Å². The number of hydrogen-bond acceptors (Lipinski definition) is 1. The zero-order chi connectivity index (χ0) is 8.39. The van der Waals surface area contributed by atoms with E-state index in [-0.39, 0.29) is 0 Å². The minimum Gasteiger partial charge on any atom is -0.303 e. The molecule has 2 fully saturated rings. The summed E-state index contributed by atoms with van der Waals surface area (Å²) in [5.74, 6) is 2.15. The Morgan fingerprint density at radius 3 is 2.17 bits per heavy atom. The van der Waals surface area contributed by atoms with E-state index in [0.717, 1.165) is 11.8 Å².